The lowest BCUT2D eigenvalue weighted by Crippen LogP contribution is -2.05. The van der Waals surface area contributed by atoms with Gasteiger partial charge in [0.05, 0.1) is 19.8 Å². The number of halogens is 2. The van der Waals surface area contributed by atoms with Gasteiger partial charge in [-0.3, -0.25) is 0 Å². The molecule has 1 aromatic heterocycles. The molecule has 134 valence electrons. The minimum absolute atomic E-state index is 0.161. The molecular formula is C16H18F2N4O2S. The molecule has 0 saturated carbocycles. The van der Waals surface area contributed by atoms with Crippen molar-refractivity contribution < 1.29 is 18.3 Å². The van der Waals surface area contributed by atoms with E-state index in [0.29, 0.717) is 23.1 Å². The molecule has 0 saturated heterocycles. The van der Waals surface area contributed by atoms with Gasteiger partial charge in [-0.15, -0.1) is 0 Å². The van der Waals surface area contributed by atoms with E-state index < -0.39 is 17.3 Å². The molecular weight excluding hydrogens is 350 g/mol. The zero-order valence-electron chi connectivity index (χ0n) is 14.3. The van der Waals surface area contributed by atoms with Crippen LogP contribution in [0.1, 0.15) is 12.5 Å². The molecule has 0 aliphatic carbocycles. The molecule has 1 N–H and O–H groups in total. The Morgan fingerprint density at radius 3 is 2.40 bits per heavy atom. The molecule has 0 aliphatic rings. The highest BCUT2D eigenvalue weighted by molar-refractivity contribution is 7.98. The molecule has 0 fully saturated rings. The van der Waals surface area contributed by atoms with E-state index in [0.717, 1.165) is 6.07 Å². The lowest BCUT2D eigenvalue weighted by molar-refractivity contribution is 0.359. The number of nitrogens with zero attached hydrogens (tertiary/aromatic N) is 3. The Hall–Kier alpha value is -2.42. The molecule has 9 heteroatoms. The first kappa shape index (κ1) is 18.9. The molecule has 0 unspecified atom stereocenters. The fourth-order valence-corrected chi connectivity index (χ4v) is 2.34. The van der Waals surface area contributed by atoms with Gasteiger partial charge in [0.2, 0.25) is 0 Å². The maximum atomic E-state index is 14.3. The topological polar surface area (TPSA) is 68.6 Å². The van der Waals surface area contributed by atoms with Crippen LogP contribution in [-0.2, 0) is 0 Å². The third-order valence-electron chi connectivity index (χ3n) is 3.20. The number of hydrogen-bond donors (Lipinski definition) is 1. The predicted molar refractivity (Wildman–Crippen MR) is 94.7 cm³/mol. The highest BCUT2D eigenvalue weighted by atomic mass is 32.2. The third-order valence-corrected chi connectivity index (χ3v) is 3.77. The smallest absolute Gasteiger partial charge is 0.193 e. The summed E-state index contributed by atoms with van der Waals surface area (Å²) in [5, 5.41) is 3.65. The van der Waals surface area contributed by atoms with Gasteiger partial charge in [-0.05, 0) is 13.2 Å². The van der Waals surface area contributed by atoms with Crippen LogP contribution in [0.15, 0.2) is 22.4 Å². The van der Waals surface area contributed by atoms with Gasteiger partial charge in [0.25, 0.3) is 0 Å². The van der Waals surface area contributed by atoms with Crippen LogP contribution in [0.3, 0.4) is 0 Å². The summed E-state index contributed by atoms with van der Waals surface area (Å²) in [5.41, 5.74) is -0.00664. The first-order valence-electron chi connectivity index (χ1n) is 7.34. The Morgan fingerprint density at radius 2 is 1.88 bits per heavy atom. The van der Waals surface area contributed by atoms with Crippen molar-refractivity contribution in [2.75, 3.05) is 32.3 Å². The minimum atomic E-state index is -0.913. The van der Waals surface area contributed by atoms with Crippen molar-refractivity contribution in [2.24, 2.45) is 4.99 Å². The number of ether oxygens (including phenoxy) is 2. The van der Waals surface area contributed by atoms with Crippen LogP contribution in [0.4, 0.5) is 20.3 Å². The second-order valence-electron chi connectivity index (χ2n) is 4.71. The second-order valence-corrected chi connectivity index (χ2v) is 5.48. The predicted octanol–water partition coefficient (Wildman–Crippen LogP) is 3.68. The van der Waals surface area contributed by atoms with Crippen molar-refractivity contribution in [2.45, 2.75) is 12.1 Å². The van der Waals surface area contributed by atoms with Crippen LogP contribution in [-0.4, -0.2) is 43.2 Å². The summed E-state index contributed by atoms with van der Waals surface area (Å²) < 4.78 is 38.5. The summed E-state index contributed by atoms with van der Waals surface area (Å²) in [7, 11) is 2.56. The van der Waals surface area contributed by atoms with Crippen molar-refractivity contribution in [3.05, 3.63) is 29.5 Å². The fourth-order valence-electron chi connectivity index (χ4n) is 2.00. The number of aliphatic imine (C=N–C) groups is 1. The van der Waals surface area contributed by atoms with E-state index in [1.54, 1.807) is 0 Å². The van der Waals surface area contributed by atoms with Crippen molar-refractivity contribution in [1.82, 2.24) is 9.97 Å². The Labute approximate surface area is 148 Å². The molecule has 1 heterocycles. The van der Waals surface area contributed by atoms with E-state index in [1.165, 1.54) is 38.4 Å². The van der Waals surface area contributed by atoms with E-state index >= 15 is 0 Å². The van der Waals surface area contributed by atoms with Crippen molar-refractivity contribution in [3.8, 4) is 11.5 Å². The minimum Gasteiger partial charge on any atom is -0.493 e. The number of hydrogen-bond acceptors (Lipinski definition) is 7. The molecule has 2 rings (SSSR count). The van der Waals surface area contributed by atoms with Gasteiger partial charge in [0, 0.05) is 25.0 Å². The van der Waals surface area contributed by atoms with Crippen molar-refractivity contribution in [1.29, 1.82) is 0 Å². The average molecular weight is 368 g/mol. The van der Waals surface area contributed by atoms with Gasteiger partial charge >= 0.3 is 0 Å². The highest BCUT2D eigenvalue weighted by Crippen LogP contribution is 2.36. The van der Waals surface area contributed by atoms with Gasteiger partial charge in [-0.1, -0.05) is 11.8 Å². The Kier molecular flexibility index (Phi) is 6.51. The van der Waals surface area contributed by atoms with Crippen LogP contribution in [0, 0.1) is 11.6 Å². The lowest BCUT2D eigenvalue weighted by atomic mass is 10.2. The van der Waals surface area contributed by atoms with E-state index in [1.807, 2.05) is 13.2 Å². The van der Waals surface area contributed by atoms with Gasteiger partial charge < -0.3 is 14.8 Å². The molecule has 0 amide bonds. The quantitative estimate of drug-likeness (QED) is 0.457. The molecule has 0 atom stereocenters. The van der Waals surface area contributed by atoms with Crippen LogP contribution < -0.4 is 14.8 Å². The Morgan fingerprint density at radius 1 is 1.24 bits per heavy atom. The summed E-state index contributed by atoms with van der Waals surface area (Å²) in [5.74, 6) is -1.62. The van der Waals surface area contributed by atoms with Crippen molar-refractivity contribution >= 4 is 29.5 Å². The summed E-state index contributed by atoms with van der Waals surface area (Å²) in [6.07, 6.45) is 4.68. The molecule has 0 bridgehead atoms. The van der Waals surface area contributed by atoms with E-state index in [4.69, 9.17) is 9.47 Å². The first-order valence-corrected chi connectivity index (χ1v) is 8.57. The van der Waals surface area contributed by atoms with Crippen LogP contribution >= 0.6 is 11.8 Å². The lowest BCUT2D eigenvalue weighted by Gasteiger charge is -2.10. The standard InChI is InChI=1S/C16H18F2N4O2S/c1-5-19-15-9(8-21-16(22-15)25-4)7-20-14-12(17)10(23-2)6-11(24-3)13(14)18/h6-8H,5H2,1-4H3,(H,19,21,22)/b20-7+. The summed E-state index contributed by atoms with van der Waals surface area (Å²) in [4.78, 5) is 12.4. The number of aromatic nitrogens is 2. The Balaban J connectivity index is 2.49. The van der Waals surface area contributed by atoms with Gasteiger partial charge in [-0.25, -0.2) is 23.7 Å². The molecule has 0 spiro atoms. The number of thioether (sulfide) groups is 1. The second kappa shape index (κ2) is 8.61. The number of methoxy groups -OCH3 is 2. The summed E-state index contributed by atoms with van der Waals surface area (Å²) in [6, 6.07) is 1.13. The Bertz CT molecular complexity index is 759. The van der Waals surface area contributed by atoms with Crippen molar-refractivity contribution in [3.63, 3.8) is 0 Å². The number of rotatable bonds is 7. The molecule has 2 aromatic rings. The third kappa shape index (κ3) is 4.16. The molecule has 6 nitrogen and oxygen atoms in total. The molecule has 25 heavy (non-hydrogen) atoms. The van der Waals surface area contributed by atoms with Gasteiger partial charge in [0.1, 0.15) is 11.5 Å². The summed E-state index contributed by atoms with van der Waals surface area (Å²) >= 11 is 1.39. The molecule has 0 radical (unpaired) electrons. The van der Waals surface area contributed by atoms with E-state index in [9.17, 15) is 8.78 Å². The largest absolute Gasteiger partial charge is 0.493 e. The van der Waals surface area contributed by atoms with Crippen LogP contribution in [0.25, 0.3) is 0 Å². The zero-order valence-corrected chi connectivity index (χ0v) is 15.1. The van der Waals surface area contributed by atoms with Crippen LogP contribution in [0.5, 0.6) is 11.5 Å². The highest BCUT2D eigenvalue weighted by Gasteiger charge is 2.19. The normalized spacial score (nSPS) is 11.0. The number of benzene rings is 1. The first-order chi connectivity index (χ1) is 12.0. The van der Waals surface area contributed by atoms with Gasteiger partial charge in [0.15, 0.2) is 28.3 Å². The average Bonchev–Trinajstić information content (AvgIpc) is 2.63. The molecule has 1 aromatic carbocycles. The summed E-state index contributed by atoms with van der Waals surface area (Å²) in [6.45, 7) is 2.54. The monoisotopic (exact) mass is 368 g/mol. The zero-order chi connectivity index (χ0) is 18.4. The van der Waals surface area contributed by atoms with Crippen LogP contribution in [0.2, 0.25) is 0 Å². The maximum absolute atomic E-state index is 14.3. The fraction of sp³-hybridized carbons (Fsp3) is 0.312. The number of anilines is 1. The van der Waals surface area contributed by atoms with E-state index in [2.05, 4.69) is 20.3 Å². The SMILES string of the molecule is CCNc1nc(SC)ncc1/C=N/c1c(F)c(OC)cc(OC)c1F. The molecule has 0 aliphatic heterocycles. The number of nitrogens with one attached hydrogen (secondary N) is 1. The maximum Gasteiger partial charge on any atom is 0.193 e. The van der Waals surface area contributed by atoms with E-state index in [-0.39, 0.29) is 11.5 Å². The van der Waals surface area contributed by atoms with Gasteiger partial charge in [-0.2, -0.15) is 0 Å².